The van der Waals surface area contributed by atoms with Crippen LogP contribution in [0.3, 0.4) is 0 Å². The maximum atomic E-state index is 12.7. The number of aromatic nitrogens is 2. The summed E-state index contributed by atoms with van der Waals surface area (Å²) >= 11 is 1.54. The molecule has 6 nitrogen and oxygen atoms in total. The molecule has 0 fully saturated rings. The van der Waals surface area contributed by atoms with Gasteiger partial charge in [0.15, 0.2) is 12.3 Å². The third-order valence-electron chi connectivity index (χ3n) is 4.42. The molecule has 28 heavy (non-hydrogen) atoms. The predicted octanol–water partition coefficient (Wildman–Crippen LogP) is 3.92. The molecule has 2 heterocycles. The number of benzene rings is 1. The molecule has 0 radical (unpaired) electrons. The zero-order chi connectivity index (χ0) is 20.1. The average molecular weight is 398 g/mol. The first-order valence-corrected chi connectivity index (χ1v) is 9.99. The molecule has 0 bridgehead atoms. The Balaban J connectivity index is 1.80. The van der Waals surface area contributed by atoms with E-state index in [2.05, 4.69) is 10.4 Å². The van der Waals surface area contributed by atoms with E-state index in [0.29, 0.717) is 11.6 Å². The minimum Gasteiger partial charge on any atom is -0.451 e. The molecule has 3 aromatic rings. The Labute approximate surface area is 168 Å². The summed E-state index contributed by atoms with van der Waals surface area (Å²) < 4.78 is 6.80. The highest BCUT2D eigenvalue weighted by Crippen LogP contribution is 2.26. The van der Waals surface area contributed by atoms with Gasteiger partial charge < -0.3 is 10.1 Å². The number of hydrogen-bond acceptors (Lipinski definition) is 5. The van der Waals surface area contributed by atoms with Crippen LogP contribution in [0.1, 0.15) is 31.3 Å². The number of hydrogen-bond donors (Lipinski definition) is 1. The fourth-order valence-electron chi connectivity index (χ4n) is 2.50. The molecule has 0 unspecified atom stereocenters. The first-order chi connectivity index (χ1) is 13.5. The van der Waals surface area contributed by atoms with Crippen molar-refractivity contribution in [2.24, 2.45) is 5.92 Å². The van der Waals surface area contributed by atoms with Crippen LogP contribution in [0.25, 0.3) is 16.3 Å². The second-order valence-corrected chi connectivity index (χ2v) is 7.76. The van der Waals surface area contributed by atoms with Crippen LogP contribution in [0.15, 0.2) is 53.9 Å². The number of ether oxygens (including phenoxy) is 1. The number of rotatable bonds is 7. The molecule has 0 spiro atoms. The van der Waals surface area contributed by atoms with Gasteiger partial charge in [-0.1, -0.05) is 38.1 Å². The van der Waals surface area contributed by atoms with Crippen molar-refractivity contribution in [2.75, 3.05) is 6.61 Å². The van der Waals surface area contributed by atoms with Gasteiger partial charge in [0.05, 0.1) is 10.6 Å². The minimum atomic E-state index is -0.591. The van der Waals surface area contributed by atoms with Crippen molar-refractivity contribution in [3.8, 4) is 16.3 Å². The van der Waals surface area contributed by atoms with E-state index in [1.807, 2.05) is 68.6 Å². The van der Waals surface area contributed by atoms with Gasteiger partial charge in [0.2, 0.25) is 0 Å². The summed E-state index contributed by atoms with van der Waals surface area (Å²) in [5.74, 6) is -0.613. The van der Waals surface area contributed by atoms with E-state index in [9.17, 15) is 9.59 Å². The van der Waals surface area contributed by atoms with Crippen LogP contribution in [0.4, 0.5) is 0 Å². The summed E-state index contributed by atoms with van der Waals surface area (Å²) in [5, 5.41) is 9.34. The number of nitrogens with zero attached hydrogens (tertiary/aromatic N) is 2. The van der Waals surface area contributed by atoms with E-state index in [1.54, 1.807) is 22.1 Å². The lowest BCUT2D eigenvalue weighted by molar-refractivity contribution is -0.125. The molecule has 1 amide bonds. The van der Waals surface area contributed by atoms with Gasteiger partial charge in [0, 0.05) is 12.1 Å². The lowest BCUT2D eigenvalue weighted by Gasteiger charge is -2.17. The molecule has 0 saturated carbocycles. The second kappa shape index (κ2) is 8.84. The zero-order valence-corrected chi connectivity index (χ0v) is 16.9. The Morgan fingerprint density at radius 3 is 2.54 bits per heavy atom. The molecule has 3 rings (SSSR count). The fraction of sp³-hybridized carbons (Fsp3) is 0.286. The quantitative estimate of drug-likeness (QED) is 0.613. The molecular weight excluding hydrogens is 374 g/mol. The molecule has 1 aromatic carbocycles. The Bertz CT molecular complexity index is 933. The molecule has 2 aromatic heterocycles. The Kier molecular flexibility index (Phi) is 6.26. The molecule has 146 valence electrons. The summed E-state index contributed by atoms with van der Waals surface area (Å²) in [6.45, 7) is 5.62. The van der Waals surface area contributed by atoms with E-state index >= 15 is 0 Å². The van der Waals surface area contributed by atoms with E-state index < -0.39 is 5.97 Å². The number of nitrogens with one attached hydrogen (secondary N) is 1. The number of carbonyl (C=O) groups excluding carboxylic acids is 2. The molecule has 0 saturated heterocycles. The molecule has 7 heteroatoms. The van der Waals surface area contributed by atoms with Crippen LogP contribution in [-0.2, 0) is 9.53 Å². The lowest BCUT2D eigenvalue weighted by atomic mass is 10.1. The highest BCUT2D eigenvalue weighted by atomic mass is 32.1. The topological polar surface area (TPSA) is 73.2 Å². The van der Waals surface area contributed by atoms with Gasteiger partial charge in [-0.25, -0.2) is 9.48 Å². The van der Waals surface area contributed by atoms with Crippen molar-refractivity contribution in [1.29, 1.82) is 0 Å². The van der Waals surface area contributed by atoms with Gasteiger partial charge in [0.25, 0.3) is 5.91 Å². The summed E-state index contributed by atoms with van der Waals surface area (Å²) in [4.78, 5) is 25.7. The number of amides is 1. The van der Waals surface area contributed by atoms with Crippen molar-refractivity contribution in [3.63, 3.8) is 0 Å². The summed E-state index contributed by atoms with van der Waals surface area (Å²) in [7, 11) is 0. The SMILES string of the molecule is CC(C)[C@@H](C)NC(=O)COC(=O)c1cc(-c2cccs2)nn1-c1ccccc1. The average Bonchev–Trinajstić information content (AvgIpc) is 3.36. The maximum absolute atomic E-state index is 12.7. The van der Waals surface area contributed by atoms with Crippen LogP contribution in [0.2, 0.25) is 0 Å². The number of esters is 1. The van der Waals surface area contributed by atoms with Crippen molar-refractivity contribution >= 4 is 23.2 Å². The highest BCUT2D eigenvalue weighted by molar-refractivity contribution is 7.13. The van der Waals surface area contributed by atoms with Crippen molar-refractivity contribution in [3.05, 3.63) is 59.6 Å². The smallest absolute Gasteiger partial charge is 0.357 e. The van der Waals surface area contributed by atoms with Crippen molar-refractivity contribution in [1.82, 2.24) is 15.1 Å². The Morgan fingerprint density at radius 2 is 1.89 bits per heavy atom. The van der Waals surface area contributed by atoms with E-state index in [4.69, 9.17) is 4.74 Å². The summed E-state index contributed by atoms with van der Waals surface area (Å²) in [6, 6.07) is 14.9. The van der Waals surface area contributed by atoms with Gasteiger partial charge >= 0.3 is 5.97 Å². The monoisotopic (exact) mass is 397 g/mol. The van der Waals surface area contributed by atoms with E-state index in [1.165, 1.54) is 0 Å². The molecule has 0 aliphatic heterocycles. The van der Waals surface area contributed by atoms with E-state index in [-0.39, 0.29) is 24.2 Å². The fourth-order valence-corrected chi connectivity index (χ4v) is 3.19. The van der Waals surface area contributed by atoms with Crippen molar-refractivity contribution < 1.29 is 14.3 Å². The maximum Gasteiger partial charge on any atom is 0.357 e. The van der Waals surface area contributed by atoms with Crippen LogP contribution >= 0.6 is 11.3 Å². The molecule has 0 aliphatic rings. The molecule has 1 N–H and O–H groups in total. The Hall–Kier alpha value is -2.93. The largest absolute Gasteiger partial charge is 0.451 e. The zero-order valence-electron chi connectivity index (χ0n) is 16.1. The van der Waals surface area contributed by atoms with Gasteiger partial charge in [-0.05, 0) is 36.4 Å². The van der Waals surface area contributed by atoms with Crippen LogP contribution in [0, 0.1) is 5.92 Å². The van der Waals surface area contributed by atoms with Gasteiger partial charge in [-0.2, -0.15) is 5.10 Å². The number of thiophene rings is 1. The first-order valence-electron chi connectivity index (χ1n) is 9.11. The van der Waals surface area contributed by atoms with Gasteiger partial charge in [-0.15, -0.1) is 11.3 Å². The Morgan fingerprint density at radius 1 is 1.14 bits per heavy atom. The third-order valence-corrected chi connectivity index (χ3v) is 5.31. The standard InChI is InChI=1S/C21H23N3O3S/c1-14(2)15(3)22-20(25)13-27-21(26)18-12-17(19-10-7-11-28-19)23-24(18)16-8-5-4-6-9-16/h4-12,14-15H,13H2,1-3H3,(H,22,25)/t15-/m1/s1. The predicted molar refractivity (Wildman–Crippen MR) is 110 cm³/mol. The lowest BCUT2D eigenvalue weighted by Crippen LogP contribution is -2.38. The van der Waals surface area contributed by atoms with Gasteiger partial charge in [-0.3, -0.25) is 4.79 Å². The first kappa shape index (κ1) is 19.8. The minimum absolute atomic E-state index is 0.00600. The van der Waals surface area contributed by atoms with Gasteiger partial charge in [0.1, 0.15) is 5.69 Å². The molecule has 0 aliphatic carbocycles. The van der Waals surface area contributed by atoms with Crippen LogP contribution in [0.5, 0.6) is 0 Å². The van der Waals surface area contributed by atoms with Crippen molar-refractivity contribution in [2.45, 2.75) is 26.8 Å². The summed E-state index contributed by atoms with van der Waals surface area (Å²) in [6.07, 6.45) is 0. The molecule has 1 atom stereocenters. The number of para-hydroxylation sites is 1. The van der Waals surface area contributed by atoms with Crippen LogP contribution in [-0.4, -0.2) is 34.3 Å². The number of carbonyl (C=O) groups is 2. The van der Waals surface area contributed by atoms with E-state index in [0.717, 1.165) is 10.6 Å². The third kappa shape index (κ3) is 4.67. The second-order valence-electron chi connectivity index (χ2n) is 6.82. The van der Waals surface area contributed by atoms with Crippen LogP contribution < -0.4 is 5.32 Å². The summed E-state index contributed by atoms with van der Waals surface area (Å²) in [5.41, 5.74) is 1.71. The normalized spacial score (nSPS) is 12.0. The highest BCUT2D eigenvalue weighted by Gasteiger charge is 2.21. The molecular formula is C21H23N3O3S.